The van der Waals surface area contributed by atoms with Crippen molar-refractivity contribution in [3.05, 3.63) is 48.9 Å². The highest BCUT2D eigenvalue weighted by atomic mass is 15.0. The van der Waals surface area contributed by atoms with Crippen molar-refractivity contribution in [2.24, 2.45) is 0 Å². The number of aromatic amines is 1. The van der Waals surface area contributed by atoms with Gasteiger partial charge in [-0.25, -0.2) is 9.55 Å². The molecule has 0 amide bonds. The van der Waals surface area contributed by atoms with Gasteiger partial charge in [0, 0.05) is 6.07 Å². The molecule has 2 heterocycles. The molecule has 2 nitrogen and oxygen atoms in total. The van der Waals surface area contributed by atoms with Crippen molar-refractivity contribution < 1.29 is 4.57 Å². The number of hydrogen-bond donors (Lipinski definition) is 1. The SMILES string of the molecule is c1cc[n+](-c2ccc[nH]2)cc1. The maximum Gasteiger partial charge on any atom is 0.283 e. The highest BCUT2D eigenvalue weighted by Gasteiger charge is 1.99. The van der Waals surface area contributed by atoms with Gasteiger partial charge in [-0.1, -0.05) is 6.07 Å². The zero-order valence-electron chi connectivity index (χ0n) is 6.07. The Kier molecular flexibility index (Phi) is 1.44. The van der Waals surface area contributed by atoms with E-state index in [9.17, 15) is 0 Å². The summed E-state index contributed by atoms with van der Waals surface area (Å²) in [7, 11) is 0. The van der Waals surface area contributed by atoms with Gasteiger partial charge >= 0.3 is 0 Å². The van der Waals surface area contributed by atoms with Crippen LogP contribution in [-0.2, 0) is 0 Å². The Bertz CT molecular complexity index is 311. The van der Waals surface area contributed by atoms with Crippen LogP contribution in [-0.4, -0.2) is 4.98 Å². The standard InChI is InChI=1S/C9H9N2/c1-2-7-11(8-3-1)9-5-4-6-10-9/h1-8,10H/q+1. The second-order valence-electron chi connectivity index (χ2n) is 2.34. The van der Waals surface area contributed by atoms with E-state index in [1.165, 1.54) is 0 Å². The molecule has 2 heteroatoms. The quantitative estimate of drug-likeness (QED) is 0.583. The summed E-state index contributed by atoms with van der Waals surface area (Å²) < 4.78 is 2.03. The minimum absolute atomic E-state index is 1.09. The molecule has 54 valence electrons. The first-order valence-electron chi connectivity index (χ1n) is 3.57. The second kappa shape index (κ2) is 2.58. The Labute approximate surface area is 65.1 Å². The van der Waals surface area contributed by atoms with Gasteiger partial charge < -0.3 is 0 Å². The van der Waals surface area contributed by atoms with Crippen molar-refractivity contribution >= 4 is 0 Å². The number of aromatic nitrogens is 2. The first-order chi connectivity index (χ1) is 5.47. The third-order valence-electron chi connectivity index (χ3n) is 1.58. The van der Waals surface area contributed by atoms with Crippen LogP contribution in [0.4, 0.5) is 0 Å². The topological polar surface area (TPSA) is 19.7 Å². The molecule has 2 rings (SSSR count). The fourth-order valence-corrected chi connectivity index (χ4v) is 1.04. The predicted octanol–water partition coefficient (Wildman–Crippen LogP) is 1.29. The summed E-state index contributed by atoms with van der Waals surface area (Å²) in [4.78, 5) is 3.12. The molecule has 11 heavy (non-hydrogen) atoms. The largest absolute Gasteiger partial charge is 0.283 e. The monoisotopic (exact) mass is 145 g/mol. The third-order valence-corrected chi connectivity index (χ3v) is 1.58. The van der Waals surface area contributed by atoms with Crippen LogP contribution in [0.5, 0.6) is 0 Å². The molecule has 0 bridgehead atoms. The molecule has 0 aliphatic heterocycles. The fraction of sp³-hybridized carbons (Fsp3) is 0. The Morgan fingerprint density at radius 3 is 2.45 bits per heavy atom. The van der Waals surface area contributed by atoms with Crippen LogP contribution >= 0.6 is 0 Å². The lowest BCUT2D eigenvalue weighted by atomic mass is 10.5. The van der Waals surface area contributed by atoms with Crippen molar-refractivity contribution in [2.45, 2.75) is 0 Å². The molecular weight excluding hydrogens is 136 g/mol. The summed E-state index contributed by atoms with van der Waals surface area (Å²) in [5, 5.41) is 0. The number of H-pyrrole nitrogens is 1. The van der Waals surface area contributed by atoms with Gasteiger partial charge in [0.25, 0.3) is 5.82 Å². The van der Waals surface area contributed by atoms with Crippen LogP contribution in [0.2, 0.25) is 0 Å². The Morgan fingerprint density at radius 1 is 1.00 bits per heavy atom. The lowest BCUT2D eigenvalue weighted by molar-refractivity contribution is -0.599. The van der Waals surface area contributed by atoms with E-state index in [-0.39, 0.29) is 0 Å². The predicted molar refractivity (Wildman–Crippen MR) is 42.3 cm³/mol. The van der Waals surface area contributed by atoms with Crippen LogP contribution in [0.15, 0.2) is 48.9 Å². The smallest absolute Gasteiger partial charge is 0.247 e. The molecular formula is C9H9N2+. The summed E-state index contributed by atoms with van der Waals surface area (Å²) in [6.45, 7) is 0. The molecule has 0 aromatic carbocycles. The van der Waals surface area contributed by atoms with E-state index in [4.69, 9.17) is 0 Å². The molecule has 0 fully saturated rings. The molecule has 1 N–H and O–H groups in total. The lowest BCUT2D eigenvalue weighted by Gasteiger charge is -1.90. The van der Waals surface area contributed by atoms with Crippen LogP contribution in [0.1, 0.15) is 0 Å². The Hall–Kier alpha value is -1.57. The second-order valence-corrected chi connectivity index (χ2v) is 2.34. The zero-order valence-corrected chi connectivity index (χ0v) is 6.07. The molecule has 0 aliphatic carbocycles. The van der Waals surface area contributed by atoms with Crippen LogP contribution < -0.4 is 4.57 Å². The summed E-state index contributed by atoms with van der Waals surface area (Å²) in [6, 6.07) is 10.0. The molecule has 0 radical (unpaired) electrons. The minimum Gasteiger partial charge on any atom is -0.247 e. The average molecular weight is 145 g/mol. The van der Waals surface area contributed by atoms with Gasteiger partial charge in [0.05, 0.1) is 18.6 Å². The van der Waals surface area contributed by atoms with Crippen LogP contribution in [0.25, 0.3) is 5.82 Å². The minimum atomic E-state index is 1.09. The van der Waals surface area contributed by atoms with E-state index in [2.05, 4.69) is 4.98 Å². The number of nitrogens with one attached hydrogen (secondary N) is 1. The van der Waals surface area contributed by atoms with E-state index in [1.807, 2.05) is 53.5 Å². The molecule has 0 saturated heterocycles. The summed E-state index contributed by atoms with van der Waals surface area (Å²) in [5.74, 6) is 1.09. The zero-order chi connectivity index (χ0) is 7.52. The molecule has 0 spiro atoms. The Balaban J connectivity index is 2.46. The van der Waals surface area contributed by atoms with Crippen LogP contribution in [0.3, 0.4) is 0 Å². The first-order valence-corrected chi connectivity index (χ1v) is 3.57. The number of hydrogen-bond acceptors (Lipinski definition) is 0. The number of pyridine rings is 1. The van der Waals surface area contributed by atoms with Crippen molar-refractivity contribution in [1.29, 1.82) is 0 Å². The Morgan fingerprint density at radius 2 is 1.82 bits per heavy atom. The molecule has 0 unspecified atom stereocenters. The van der Waals surface area contributed by atoms with Crippen molar-refractivity contribution in [3.8, 4) is 5.82 Å². The molecule has 0 atom stereocenters. The first kappa shape index (κ1) is 6.16. The summed E-state index contributed by atoms with van der Waals surface area (Å²) in [5.41, 5.74) is 0. The van der Waals surface area contributed by atoms with Gasteiger partial charge in [-0.3, -0.25) is 0 Å². The van der Waals surface area contributed by atoms with Crippen molar-refractivity contribution in [3.63, 3.8) is 0 Å². The van der Waals surface area contributed by atoms with Gasteiger partial charge in [0.15, 0.2) is 0 Å². The van der Waals surface area contributed by atoms with Crippen molar-refractivity contribution in [2.75, 3.05) is 0 Å². The van der Waals surface area contributed by atoms with E-state index >= 15 is 0 Å². The lowest BCUT2D eigenvalue weighted by Crippen LogP contribution is -2.29. The molecule has 2 aromatic rings. The van der Waals surface area contributed by atoms with E-state index in [0.717, 1.165) is 5.82 Å². The normalized spacial score (nSPS) is 9.82. The number of nitrogens with zero attached hydrogens (tertiary/aromatic N) is 1. The molecule has 0 saturated carbocycles. The van der Waals surface area contributed by atoms with Gasteiger partial charge in [-0.05, 0) is 18.2 Å². The molecule has 2 aromatic heterocycles. The van der Waals surface area contributed by atoms with E-state index in [1.54, 1.807) is 0 Å². The highest BCUT2D eigenvalue weighted by molar-refractivity contribution is 5.10. The average Bonchev–Trinajstić information content (AvgIpc) is 2.58. The van der Waals surface area contributed by atoms with Crippen LogP contribution in [0, 0.1) is 0 Å². The third kappa shape index (κ3) is 1.15. The maximum absolute atomic E-state index is 3.12. The van der Waals surface area contributed by atoms with E-state index < -0.39 is 0 Å². The maximum atomic E-state index is 3.12. The van der Waals surface area contributed by atoms with Crippen molar-refractivity contribution in [1.82, 2.24) is 4.98 Å². The van der Waals surface area contributed by atoms with Gasteiger partial charge in [-0.2, -0.15) is 0 Å². The molecule has 0 aliphatic rings. The van der Waals surface area contributed by atoms with E-state index in [0.29, 0.717) is 0 Å². The highest BCUT2D eigenvalue weighted by Crippen LogP contribution is 1.91. The van der Waals surface area contributed by atoms with Gasteiger partial charge in [0.2, 0.25) is 0 Å². The number of rotatable bonds is 1. The fourth-order valence-electron chi connectivity index (χ4n) is 1.04. The summed E-state index contributed by atoms with van der Waals surface area (Å²) >= 11 is 0. The summed E-state index contributed by atoms with van der Waals surface area (Å²) in [6.07, 6.45) is 5.92. The van der Waals surface area contributed by atoms with Gasteiger partial charge in [0.1, 0.15) is 0 Å². The van der Waals surface area contributed by atoms with Gasteiger partial charge in [-0.15, -0.1) is 0 Å².